The van der Waals surface area contributed by atoms with Gasteiger partial charge in [0.15, 0.2) is 0 Å². The molecule has 0 aliphatic rings. The Bertz CT molecular complexity index is 591. The van der Waals surface area contributed by atoms with Crippen LogP contribution in [0.2, 0.25) is 0 Å². The van der Waals surface area contributed by atoms with E-state index in [1.165, 1.54) is 4.88 Å². The zero-order chi connectivity index (χ0) is 15.4. The van der Waals surface area contributed by atoms with E-state index >= 15 is 0 Å². The van der Waals surface area contributed by atoms with E-state index in [1.54, 1.807) is 11.3 Å². The fraction of sp³-hybridized carbons (Fsp3) is 0.438. The summed E-state index contributed by atoms with van der Waals surface area (Å²) in [6, 6.07) is 6.56. The van der Waals surface area contributed by atoms with Gasteiger partial charge in [-0.3, -0.25) is 0 Å². The van der Waals surface area contributed by atoms with Crippen LogP contribution in [0, 0.1) is 13.8 Å². The van der Waals surface area contributed by atoms with Crippen LogP contribution in [0.25, 0.3) is 0 Å². The molecule has 0 saturated heterocycles. The lowest BCUT2D eigenvalue weighted by Gasteiger charge is -2.13. The highest BCUT2D eigenvalue weighted by molar-refractivity contribution is 9.10. The van der Waals surface area contributed by atoms with E-state index in [4.69, 9.17) is 4.74 Å². The van der Waals surface area contributed by atoms with Crippen LogP contribution in [0.15, 0.2) is 22.7 Å². The van der Waals surface area contributed by atoms with E-state index < -0.39 is 0 Å². The lowest BCUT2D eigenvalue weighted by molar-refractivity contribution is 0.301. The number of ether oxygens (including phenoxy) is 1. The minimum Gasteiger partial charge on any atom is -0.486 e. The highest BCUT2D eigenvalue weighted by Crippen LogP contribution is 2.25. The SMILES string of the molecule is Cc1nc(COc2ccc(Br)cc2CNC(C)C)sc1C. The topological polar surface area (TPSA) is 34.1 Å². The molecule has 1 heterocycles. The standard InChI is InChI=1S/C16H21BrN2OS/c1-10(2)18-8-13-7-14(17)5-6-15(13)20-9-16-19-11(3)12(4)21-16/h5-7,10,18H,8-9H2,1-4H3. The van der Waals surface area contributed by atoms with Gasteiger partial charge in [0.05, 0.1) is 5.69 Å². The monoisotopic (exact) mass is 368 g/mol. The van der Waals surface area contributed by atoms with Crippen molar-refractivity contribution >= 4 is 27.3 Å². The molecule has 2 aromatic rings. The number of hydrogen-bond acceptors (Lipinski definition) is 4. The summed E-state index contributed by atoms with van der Waals surface area (Å²) in [5, 5.41) is 4.45. The minimum atomic E-state index is 0.445. The van der Waals surface area contributed by atoms with Crippen molar-refractivity contribution in [3.05, 3.63) is 43.8 Å². The first-order valence-electron chi connectivity index (χ1n) is 7.03. The number of benzene rings is 1. The van der Waals surface area contributed by atoms with Crippen LogP contribution in [-0.4, -0.2) is 11.0 Å². The van der Waals surface area contributed by atoms with E-state index in [2.05, 4.69) is 53.1 Å². The number of nitrogens with zero attached hydrogens (tertiary/aromatic N) is 1. The number of rotatable bonds is 6. The number of thiazole rings is 1. The molecule has 2 rings (SSSR count). The summed E-state index contributed by atoms with van der Waals surface area (Å²) in [7, 11) is 0. The van der Waals surface area contributed by atoms with Crippen molar-refractivity contribution in [3.8, 4) is 5.75 Å². The second-order valence-corrected chi connectivity index (χ2v) is 7.53. The Kier molecular flexibility index (Phi) is 5.79. The van der Waals surface area contributed by atoms with Gasteiger partial charge in [-0.25, -0.2) is 4.98 Å². The van der Waals surface area contributed by atoms with Crippen LogP contribution in [0.1, 0.15) is 35.0 Å². The van der Waals surface area contributed by atoms with Gasteiger partial charge in [0.2, 0.25) is 0 Å². The van der Waals surface area contributed by atoms with Crippen molar-refractivity contribution in [3.63, 3.8) is 0 Å². The summed E-state index contributed by atoms with van der Waals surface area (Å²) in [4.78, 5) is 5.77. The van der Waals surface area contributed by atoms with Crippen molar-refractivity contribution in [2.45, 2.75) is 46.9 Å². The molecule has 0 aliphatic carbocycles. The van der Waals surface area contributed by atoms with Crippen LogP contribution in [0.3, 0.4) is 0 Å². The molecule has 0 spiro atoms. The summed E-state index contributed by atoms with van der Waals surface area (Å²) in [6.07, 6.45) is 0. The van der Waals surface area contributed by atoms with E-state index in [0.29, 0.717) is 12.6 Å². The summed E-state index contributed by atoms with van der Waals surface area (Å²) >= 11 is 5.22. The fourth-order valence-electron chi connectivity index (χ4n) is 1.88. The summed E-state index contributed by atoms with van der Waals surface area (Å²) in [5.41, 5.74) is 2.25. The van der Waals surface area contributed by atoms with Crippen molar-refractivity contribution in [2.75, 3.05) is 0 Å². The molecular weight excluding hydrogens is 348 g/mol. The second kappa shape index (κ2) is 7.38. The maximum Gasteiger partial charge on any atom is 0.140 e. The molecule has 3 nitrogen and oxygen atoms in total. The molecule has 0 bridgehead atoms. The van der Waals surface area contributed by atoms with Gasteiger partial charge in [0, 0.05) is 27.5 Å². The van der Waals surface area contributed by atoms with E-state index in [0.717, 1.165) is 33.0 Å². The molecule has 0 radical (unpaired) electrons. The van der Waals surface area contributed by atoms with Gasteiger partial charge in [-0.2, -0.15) is 0 Å². The lowest BCUT2D eigenvalue weighted by atomic mass is 10.2. The molecule has 1 aromatic heterocycles. The van der Waals surface area contributed by atoms with Gasteiger partial charge in [-0.05, 0) is 32.0 Å². The zero-order valence-corrected chi connectivity index (χ0v) is 15.3. The van der Waals surface area contributed by atoms with Gasteiger partial charge >= 0.3 is 0 Å². The molecule has 0 amide bonds. The smallest absolute Gasteiger partial charge is 0.140 e. The number of aryl methyl sites for hydroxylation is 2. The highest BCUT2D eigenvalue weighted by Gasteiger charge is 2.08. The third-order valence-corrected chi connectivity index (χ3v) is 4.69. The number of hydrogen-bond donors (Lipinski definition) is 1. The Morgan fingerprint density at radius 2 is 2.10 bits per heavy atom. The normalized spacial score (nSPS) is 11.1. The van der Waals surface area contributed by atoms with Crippen LogP contribution >= 0.6 is 27.3 Å². The maximum atomic E-state index is 5.97. The molecule has 0 aliphatic heterocycles. The van der Waals surface area contributed by atoms with E-state index in [1.807, 2.05) is 19.1 Å². The van der Waals surface area contributed by atoms with Crippen molar-refractivity contribution in [2.24, 2.45) is 0 Å². The Balaban J connectivity index is 2.07. The molecule has 1 N–H and O–H groups in total. The van der Waals surface area contributed by atoms with Crippen molar-refractivity contribution < 1.29 is 4.74 Å². The molecule has 21 heavy (non-hydrogen) atoms. The maximum absolute atomic E-state index is 5.97. The average molecular weight is 369 g/mol. The molecule has 114 valence electrons. The Morgan fingerprint density at radius 1 is 1.33 bits per heavy atom. The molecular formula is C16H21BrN2OS. The molecule has 0 fully saturated rings. The minimum absolute atomic E-state index is 0.445. The van der Waals surface area contributed by atoms with E-state index in [9.17, 15) is 0 Å². The van der Waals surface area contributed by atoms with Crippen LogP contribution in [-0.2, 0) is 13.2 Å². The third-order valence-electron chi connectivity index (χ3n) is 3.15. The quantitative estimate of drug-likeness (QED) is 0.808. The molecule has 5 heteroatoms. The number of nitrogens with one attached hydrogen (secondary N) is 1. The van der Waals surface area contributed by atoms with Crippen LogP contribution in [0.5, 0.6) is 5.75 Å². The first-order valence-corrected chi connectivity index (χ1v) is 8.64. The second-order valence-electron chi connectivity index (χ2n) is 5.33. The van der Waals surface area contributed by atoms with Crippen molar-refractivity contribution in [1.29, 1.82) is 0 Å². The van der Waals surface area contributed by atoms with Crippen molar-refractivity contribution in [1.82, 2.24) is 10.3 Å². The van der Waals surface area contributed by atoms with Gasteiger partial charge < -0.3 is 10.1 Å². The zero-order valence-electron chi connectivity index (χ0n) is 12.9. The van der Waals surface area contributed by atoms with Gasteiger partial charge in [0.25, 0.3) is 0 Å². The predicted octanol–water partition coefficient (Wildman–Crippen LogP) is 4.60. The number of aromatic nitrogens is 1. The van der Waals surface area contributed by atoms with Gasteiger partial charge in [0.1, 0.15) is 17.4 Å². The lowest BCUT2D eigenvalue weighted by Crippen LogP contribution is -2.22. The Hall–Kier alpha value is -0.910. The summed E-state index contributed by atoms with van der Waals surface area (Å²) in [6.45, 7) is 9.72. The first-order chi connectivity index (χ1) is 9.95. The highest BCUT2D eigenvalue weighted by atomic mass is 79.9. The van der Waals surface area contributed by atoms with Gasteiger partial charge in [-0.1, -0.05) is 29.8 Å². The predicted molar refractivity (Wildman–Crippen MR) is 92.0 cm³/mol. The number of halogens is 1. The largest absolute Gasteiger partial charge is 0.486 e. The summed E-state index contributed by atoms with van der Waals surface area (Å²) in [5.74, 6) is 0.914. The van der Waals surface area contributed by atoms with Crippen LogP contribution < -0.4 is 10.1 Å². The molecule has 0 unspecified atom stereocenters. The Morgan fingerprint density at radius 3 is 2.71 bits per heavy atom. The van der Waals surface area contributed by atoms with Crippen LogP contribution in [0.4, 0.5) is 0 Å². The molecule has 0 saturated carbocycles. The molecule has 0 atom stereocenters. The Labute approximate surface area is 138 Å². The van der Waals surface area contributed by atoms with E-state index in [-0.39, 0.29) is 0 Å². The molecule has 1 aromatic carbocycles. The summed E-state index contributed by atoms with van der Waals surface area (Å²) < 4.78 is 7.03. The van der Waals surface area contributed by atoms with Gasteiger partial charge in [-0.15, -0.1) is 11.3 Å². The third kappa shape index (κ3) is 4.80. The fourth-order valence-corrected chi connectivity index (χ4v) is 3.14. The first kappa shape index (κ1) is 16.5. The average Bonchev–Trinajstić information content (AvgIpc) is 2.74.